The van der Waals surface area contributed by atoms with E-state index in [1.165, 1.54) is 0 Å². The highest BCUT2D eigenvalue weighted by molar-refractivity contribution is 6.30. The molecule has 5 nitrogen and oxygen atoms in total. The van der Waals surface area contributed by atoms with Gasteiger partial charge in [0, 0.05) is 43.5 Å². The molecule has 0 unspecified atom stereocenters. The van der Waals surface area contributed by atoms with E-state index in [2.05, 4.69) is 6.08 Å². The van der Waals surface area contributed by atoms with E-state index in [0.29, 0.717) is 31.2 Å². The lowest BCUT2D eigenvalue weighted by Gasteiger charge is -2.34. The molecule has 1 aromatic heterocycles. The Kier molecular flexibility index (Phi) is 5.43. The molecule has 162 valence electrons. The van der Waals surface area contributed by atoms with Crippen LogP contribution in [0.4, 0.5) is 0 Å². The van der Waals surface area contributed by atoms with Crippen molar-refractivity contribution in [1.29, 1.82) is 0 Å². The van der Waals surface area contributed by atoms with Crippen molar-refractivity contribution in [1.82, 2.24) is 14.8 Å². The number of nitrogens with zero attached hydrogens (tertiary/aromatic N) is 3. The van der Waals surface area contributed by atoms with Crippen molar-refractivity contribution in [2.45, 2.75) is 19.8 Å². The number of hydrogen-bond donors (Lipinski definition) is 0. The van der Waals surface area contributed by atoms with Gasteiger partial charge in [0.2, 0.25) is 5.91 Å². The normalized spacial score (nSPS) is 17.1. The fourth-order valence-corrected chi connectivity index (χ4v) is 4.79. The topological polar surface area (TPSA) is 53.5 Å². The van der Waals surface area contributed by atoms with Crippen LogP contribution in [0.1, 0.15) is 40.5 Å². The number of para-hydroxylation sites is 1. The lowest BCUT2D eigenvalue weighted by atomic mass is 9.99. The van der Waals surface area contributed by atoms with Crippen LogP contribution in [-0.4, -0.2) is 52.8 Å². The molecule has 1 saturated heterocycles. The number of fused-ring (bicyclic) bond motifs is 2. The Morgan fingerprint density at radius 3 is 2.34 bits per heavy atom. The number of pyridine rings is 1. The highest BCUT2D eigenvalue weighted by Crippen LogP contribution is 2.38. The third-order valence-electron chi connectivity index (χ3n) is 6.38. The maximum absolute atomic E-state index is 13.7. The summed E-state index contributed by atoms with van der Waals surface area (Å²) in [5.41, 5.74) is 5.76. The summed E-state index contributed by atoms with van der Waals surface area (Å²) in [6.07, 6.45) is 3.78. The Morgan fingerprint density at radius 2 is 1.62 bits per heavy atom. The van der Waals surface area contributed by atoms with Gasteiger partial charge in [0.25, 0.3) is 5.91 Å². The molecule has 5 rings (SSSR count). The van der Waals surface area contributed by atoms with Crippen molar-refractivity contribution in [2.75, 3.05) is 26.2 Å². The van der Waals surface area contributed by atoms with Gasteiger partial charge < -0.3 is 9.80 Å². The Bertz CT molecular complexity index is 1240. The van der Waals surface area contributed by atoms with E-state index in [4.69, 9.17) is 16.6 Å². The van der Waals surface area contributed by atoms with Crippen molar-refractivity contribution in [3.63, 3.8) is 0 Å². The third-order valence-corrected chi connectivity index (χ3v) is 6.63. The van der Waals surface area contributed by atoms with E-state index >= 15 is 0 Å². The van der Waals surface area contributed by atoms with Gasteiger partial charge in [-0.25, -0.2) is 4.98 Å². The van der Waals surface area contributed by atoms with E-state index in [-0.39, 0.29) is 11.8 Å². The molecule has 0 atom stereocenters. The van der Waals surface area contributed by atoms with Crippen LogP contribution in [0.3, 0.4) is 0 Å². The highest BCUT2D eigenvalue weighted by atomic mass is 35.5. The molecule has 0 bridgehead atoms. The summed E-state index contributed by atoms with van der Waals surface area (Å²) in [6, 6.07) is 15.6. The standard InChI is InChI=1S/C26H24ClN3O2/c1-17(31)29-12-14-30(15-13-29)26(32)24-21-4-2-3-5-23(21)28-25-19(8-11-22(24)25)16-18-6-9-20(27)10-7-18/h2-7,9-10,16H,8,11-15H2,1H3/b19-16-. The second kappa shape index (κ2) is 8.40. The first-order valence-corrected chi connectivity index (χ1v) is 11.3. The maximum Gasteiger partial charge on any atom is 0.255 e. The minimum Gasteiger partial charge on any atom is -0.339 e. The van der Waals surface area contributed by atoms with Crippen LogP contribution in [0.2, 0.25) is 5.02 Å². The maximum atomic E-state index is 13.7. The van der Waals surface area contributed by atoms with Crippen LogP contribution in [-0.2, 0) is 11.2 Å². The third kappa shape index (κ3) is 3.78. The monoisotopic (exact) mass is 445 g/mol. The lowest BCUT2D eigenvalue weighted by Crippen LogP contribution is -2.50. The molecule has 1 aliphatic heterocycles. The zero-order valence-electron chi connectivity index (χ0n) is 18.0. The van der Waals surface area contributed by atoms with Gasteiger partial charge in [-0.15, -0.1) is 0 Å². The Balaban J connectivity index is 1.56. The van der Waals surface area contributed by atoms with Crippen molar-refractivity contribution < 1.29 is 9.59 Å². The molecule has 0 N–H and O–H groups in total. The minimum absolute atomic E-state index is 0.0378. The molecule has 1 fully saturated rings. The quantitative estimate of drug-likeness (QED) is 0.575. The summed E-state index contributed by atoms with van der Waals surface area (Å²) >= 11 is 6.03. The van der Waals surface area contributed by atoms with Gasteiger partial charge in [-0.2, -0.15) is 0 Å². The van der Waals surface area contributed by atoms with Crippen molar-refractivity contribution >= 4 is 46.0 Å². The van der Waals surface area contributed by atoms with Crippen LogP contribution in [0.5, 0.6) is 0 Å². The van der Waals surface area contributed by atoms with Crippen molar-refractivity contribution in [2.24, 2.45) is 0 Å². The number of hydrogen-bond acceptors (Lipinski definition) is 3. The predicted molar refractivity (Wildman–Crippen MR) is 128 cm³/mol. The van der Waals surface area contributed by atoms with Crippen LogP contribution in [0.25, 0.3) is 22.6 Å². The second-order valence-electron chi connectivity index (χ2n) is 8.35. The SMILES string of the molecule is CC(=O)N1CCN(C(=O)c2c3c(nc4ccccc24)/C(=C\c2ccc(Cl)cc2)CC3)CC1. The molecule has 0 radical (unpaired) electrons. The number of rotatable bonds is 2. The van der Waals surface area contributed by atoms with E-state index in [9.17, 15) is 9.59 Å². The van der Waals surface area contributed by atoms with Gasteiger partial charge in [0.1, 0.15) is 0 Å². The van der Waals surface area contributed by atoms with Gasteiger partial charge in [0.15, 0.2) is 0 Å². The predicted octanol–water partition coefficient (Wildman–Crippen LogP) is 4.68. The molecular formula is C26H24ClN3O2. The summed E-state index contributed by atoms with van der Waals surface area (Å²) in [5.74, 6) is 0.0973. The average molecular weight is 446 g/mol. The Morgan fingerprint density at radius 1 is 0.938 bits per heavy atom. The fraction of sp³-hybridized carbons (Fsp3) is 0.269. The highest BCUT2D eigenvalue weighted by Gasteiger charge is 2.30. The first kappa shape index (κ1) is 20.7. The smallest absolute Gasteiger partial charge is 0.255 e. The zero-order valence-corrected chi connectivity index (χ0v) is 18.7. The van der Waals surface area contributed by atoms with Crippen LogP contribution < -0.4 is 0 Å². The summed E-state index contributed by atoms with van der Waals surface area (Å²) < 4.78 is 0. The number of aromatic nitrogens is 1. The lowest BCUT2D eigenvalue weighted by molar-refractivity contribution is -0.130. The number of allylic oxidation sites excluding steroid dienone is 1. The summed E-state index contributed by atoms with van der Waals surface area (Å²) in [7, 11) is 0. The number of carbonyl (C=O) groups is 2. The number of carbonyl (C=O) groups excluding carboxylic acids is 2. The van der Waals surface area contributed by atoms with Crippen molar-refractivity contribution in [3.05, 3.63) is 75.9 Å². The molecule has 0 spiro atoms. The zero-order chi connectivity index (χ0) is 22.2. The largest absolute Gasteiger partial charge is 0.339 e. The van der Waals surface area contributed by atoms with E-state index in [1.807, 2.05) is 53.4 Å². The van der Waals surface area contributed by atoms with Gasteiger partial charge in [-0.05, 0) is 53.8 Å². The van der Waals surface area contributed by atoms with Crippen LogP contribution in [0, 0.1) is 0 Å². The molecule has 0 saturated carbocycles. The van der Waals surface area contributed by atoms with E-state index < -0.39 is 0 Å². The minimum atomic E-state index is 0.0378. The molecule has 2 aromatic carbocycles. The van der Waals surface area contributed by atoms with Gasteiger partial charge in [0.05, 0.1) is 16.8 Å². The number of halogens is 1. The van der Waals surface area contributed by atoms with Crippen molar-refractivity contribution in [3.8, 4) is 0 Å². The van der Waals surface area contributed by atoms with E-state index in [0.717, 1.165) is 51.7 Å². The summed E-state index contributed by atoms with van der Waals surface area (Å²) in [4.78, 5) is 34.0. The molecule has 3 aromatic rings. The first-order chi connectivity index (χ1) is 15.5. The molecular weight excluding hydrogens is 422 g/mol. The molecule has 1 aliphatic carbocycles. The first-order valence-electron chi connectivity index (χ1n) is 10.9. The van der Waals surface area contributed by atoms with E-state index in [1.54, 1.807) is 11.8 Å². The van der Waals surface area contributed by atoms with Crippen LogP contribution >= 0.6 is 11.6 Å². The van der Waals surface area contributed by atoms with Crippen LogP contribution in [0.15, 0.2) is 48.5 Å². The molecule has 2 heterocycles. The Labute approximate surface area is 192 Å². The molecule has 2 aliphatic rings. The fourth-order valence-electron chi connectivity index (χ4n) is 4.67. The number of benzene rings is 2. The number of amides is 2. The van der Waals surface area contributed by atoms with Gasteiger partial charge in [-0.3, -0.25) is 9.59 Å². The summed E-state index contributed by atoms with van der Waals surface area (Å²) in [5, 5.41) is 1.61. The number of piperazine rings is 1. The van der Waals surface area contributed by atoms with Gasteiger partial charge in [-0.1, -0.05) is 41.9 Å². The van der Waals surface area contributed by atoms with Gasteiger partial charge >= 0.3 is 0 Å². The molecule has 6 heteroatoms. The summed E-state index contributed by atoms with van der Waals surface area (Å²) in [6.45, 7) is 3.84. The Hall–Kier alpha value is -3.18. The molecule has 32 heavy (non-hydrogen) atoms. The second-order valence-corrected chi connectivity index (χ2v) is 8.79. The molecule has 2 amide bonds. The average Bonchev–Trinajstić information content (AvgIpc) is 3.20.